The van der Waals surface area contributed by atoms with Crippen LogP contribution in [-0.4, -0.2) is 59.9 Å². The van der Waals surface area contributed by atoms with Gasteiger partial charge in [-0.3, -0.25) is 23.4 Å². The number of hydrogen-bond donors (Lipinski definition) is 3. The van der Waals surface area contributed by atoms with E-state index in [0.29, 0.717) is 12.8 Å². The van der Waals surface area contributed by atoms with Crippen molar-refractivity contribution in [3.63, 3.8) is 0 Å². The summed E-state index contributed by atoms with van der Waals surface area (Å²) in [5.41, 5.74) is 5.31. The molecule has 11 nitrogen and oxygen atoms in total. The van der Waals surface area contributed by atoms with Crippen LogP contribution in [0.25, 0.3) is 0 Å². The Morgan fingerprint density at radius 1 is 0.627 bits per heavy atom. The lowest BCUT2D eigenvalue weighted by Gasteiger charge is -2.20. The van der Waals surface area contributed by atoms with E-state index in [1.807, 2.05) is 36.5 Å². The molecule has 0 rings (SSSR count). The Labute approximate surface area is 307 Å². The minimum absolute atomic E-state index is 0.135. The lowest BCUT2D eigenvalue weighted by atomic mass is 10.0. The molecular weight excluding hydrogens is 673 g/mol. The number of rotatable bonds is 35. The summed E-state index contributed by atoms with van der Waals surface area (Å²) in [6.07, 6.45) is 36.1. The summed E-state index contributed by atoms with van der Waals surface area (Å²) in [7, 11) is -4.72. The Hall–Kier alpha value is -2.56. The highest BCUT2D eigenvalue weighted by molar-refractivity contribution is 7.47. The van der Waals surface area contributed by atoms with Crippen molar-refractivity contribution in [2.45, 2.75) is 161 Å². The summed E-state index contributed by atoms with van der Waals surface area (Å²) in [6.45, 7) is 2.61. The minimum atomic E-state index is -4.72. The van der Waals surface area contributed by atoms with Crippen LogP contribution in [0.4, 0.5) is 0 Å². The number of hydrogen-bond acceptors (Lipinski definition) is 9. The fourth-order valence-corrected chi connectivity index (χ4v) is 5.68. The molecule has 0 radical (unpaired) electrons. The minimum Gasteiger partial charge on any atom is -0.480 e. The number of carbonyl (C=O) groups is 3. The van der Waals surface area contributed by atoms with Gasteiger partial charge in [0.25, 0.3) is 0 Å². The van der Waals surface area contributed by atoms with Gasteiger partial charge in [-0.25, -0.2) is 4.57 Å². The van der Waals surface area contributed by atoms with E-state index in [9.17, 15) is 23.8 Å². The predicted molar refractivity (Wildman–Crippen MR) is 203 cm³/mol. The third kappa shape index (κ3) is 34.3. The maximum absolute atomic E-state index is 12.6. The number of carbonyl (C=O) groups excluding carboxylic acids is 2. The van der Waals surface area contributed by atoms with Gasteiger partial charge >= 0.3 is 25.7 Å². The average Bonchev–Trinajstić information content (AvgIpc) is 3.10. The van der Waals surface area contributed by atoms with Crippen LogP contribution in [0, 0.1) is 0 Å². The number of allylic oxidation sites excluding steroid dienone is 8. The van der Waals surface area contributed by atoms with E-state index in [1.54, 1.807) is 0 Å². The van der Waals surface area contributed by atoms with E-state index in [-0.39, 0.29) is 19.4 Å². The molecule has 3 atom stereocenters. The quantitative estimate of drug-likeness (QED) is 0.0244. The topological polar surface area (TPSA) is 172 Å². The van der Waals surface area contributed by atoms with Gasteiger partial charge in [0, 0.05) is 12.8 Å². The zero-order valence-electron chi connectivity index (χ0n) is 31.4. The number of carboxylic acids is 1. The van der Waals surface area contributed by atoms with E-state index in [1.165, 1.54) is 51.4 Å². The molecule has 0 aromatic carbocycles. The predicted octanol–water partition coefficient (Wildman–Crippen LogP) is 9.44. The van der Waals surface area contributed by atoms with Crippen LogP contribution in [0.1, 0.15) is 149 Å². The molecule has 0 heterocycles. The van der Waals surface area contributed by atoms with Crippen LogP contribution in [0.15, 0.2) is 48.6 Å². The zero-order valence-corrected chi connectivity index (χ0v) is 32.3. The third-order valence-corrected chi connectivity index (χ3v) is 8.89. The Morgan fingerprint density at radius 3 is 1.65 bits per heavy atom. The first kappa shape index (κ1) is 48.4. The summed E-state index contributed by atoms with van der Waals surface area (Å²) >= 11 is 0. The highest BCUT2D eigenvalue weighted by Crippen LogP contribution is 2.43. The van der Waals surface area contributed by atoms with E-state index in [4.69, 9.17) is 24.8 Å². The van der Waals surface area contributed by atoms with Crippen molar-refractivity contribution in [1.82, 2.24) is 0 Å². The number of phosphoric acid groups is 1. The van der Waals surface area contributed by atoms with Crippen molar-refractivity contribution >= 4 is 25.7 Å². The van der Waals surface area contributed by atoms with Crippen LogP contribution >= 0.6 is 7.82 Å². The first-order valence-corrected chi connectivity index (χ1v) is 20.7. The molecule has 0 amide bonds. The summed E-state index contributed by atoms with van der Waals surface area (Å²) in [6, 6.07) is -1.52. The fraction of sp³-hybridized carbons (Fsp3) is 0.718. The summed E-state index contributed by atoms with van der Waals surface area (Å²) in [5.74, 6) is -2.41. The molecule has 0 aromatic heterocycles. The number of carboxylic acid groups (broad SMARTS) is 1. The molecule has 0 saturated carbocycles. The molecule has 0 aliphatic heterocycles. The van der Waals surface area contributed by atoms with Crippen molar-refractivity contribution < 1.29 is 47.5 Å². The summed E-state index contributed by atoms with van der Waals surface area (Å²) < 4.78 is 32.5. The average molecular weight is 742 g/mol. The van der Waals surface area contributed by atoms with Crippen molar-refractivity contribution in [1.29, 1.82) is 0 Å². The zero-order chi connectivity index (χ0) is 37.8. The van der Waals surface area contributed by atoms with Crippen molar-refractivity contribution in [3.8, 4) is 0 Å². The normalized spacial score (nSPS) is 14.4. The van der Waals surface area contributed by atoms with Crippen LogP contribution in [0.5, 0.6) is 0 Å². The number of esters is 2. The Morgan fingerprint density at radius 2 is 1.10 bits per heavy atom. The van der Waals surface area contributed by atoms with Gasteiger partial charge in [-0.15, -0.1) is 0 Å². The second kappa shape index (κ2) is 34.5. The molecule has 0 aromatic rings. The number of unbranched alkanes of at least 4 members (excludes halogenated alkanes) is 16. The van der Waals surface area contributed by atoms with Gasteiger partial charge < -0.3 is 25.2 Å². The van der Waals surface area contributed by atoms with Crippen LogP contribution in [0.3, 0.4) is 0 Å². The number of nitrogens with two attached hydrogens (primary N) is 1. The van der Waals surface area contributed by atoms with Crippen LogP contribution in [0.2, 0.25) is 0 Å². The van der Waals surface area contributed by atoms with E-state index in [0.717, 1.165) is 57.8 Å². The van der Waals surface area contributed by atoms with Crippen LogP contribution < -0.4 is 5.73 Å². The fourth-order valence-electron chi connectivity index (χ4n) is 4.90. The van der Waals surface area contributed by atoms with Gasteiger partial charge in [0.15, 0.2) is 6.10 Å². The molecule has 51 heavy (non-hydrogen) atoms. The first-order valence-electron chi connectivity index (χ1n) is 19.2. The van der Waals surface area contributed by atoms with Gasteiger partial charge in [0.2, 0.25) is 0 Å². The number of phosphoric ester groups is 1. The van der Waals surface area contributed by atoms with Crippen molar-refractivity contribution in [3.05, 3.63) is 48.6 Å². The monoisotopic (exact) mass is 741 g/mol. The van der Waals surface area contributed by atoms with E-state index in [2.05, 4.69) is 30.5 Å². The Kier molecular flexibility index (Phi) is 32.8. The molecule has 294 valence electrons. The Balaban J connectivity index is 4.49. The number of aliphatic carboxylic acids is 1. The van der Waals surface area contributed by atoms with E-state index >= 15 is 0 Å². The Bertz CT molecular complexity index is 1060. The van der Waals surface area contributed by atoms with Crippen LogP contribution in [-0.2, 0) is 37.5 Å². The lowest BCUT2D eigenvalue weighted by molar-refractivity contribution is -0.161. The molecule has 0 spiro atoms. The maximum Gasteiger partial charge on any atom is 0.472 e. The van der Waals surface area contributed by atoms with Gasteiger partial charge in [0.1, 0.15) is 12.6 Å². The molecule has 0 saturated heterocycles. The van der Waals surface area contributed by atoms with Gasteiger partial charge in [0.05, 0.1) is 13.2 Å². The van der Waals surface area contributed by atoms with Crippen molar-refractivity contribution in [2.24, 2.45) is 5.73 Å². The summed E-state index contributed by atoms with van der Waals surface area (Å²) in [5, 5.41) is 8.86. The molecule has 12 heteroatoms. The third-order valence-electron chi connectivity index (χ3n) is 7.94. The standard InChI is InChI=1S/C39H68NO10P/c1-3-5-7-9-11-13-15-17-18-19-21-23-25-27-29-31-38(42)50-35(33-48-51(45,46)49-34-36(40)39(43)44)32-47-37(41)30-28-26-24-22-20-16-14-12-10-8-6-4-2/h5,7,9,11,13,15,17-18,35-36H,3-4,6,8,10,12,14,16,19-34,40H2,1-2H3,(H,43,44)(H,45,46)/b7-5+,11-9+,15-13+,18-17+/t35-,36+/m1/s1. The molecule has 0 aliphatic rings. The second-order valence-electron chi connectivity index (χ2n) is 12.8. The lowest BCUT2D eigenvalue weighted by Crippen LogP contribution is -2.34. The van der Waals surface area contributed by atoms with Gasteiger partial charge in [-0.05, 0) is 32.1 Å². The summed E-state index contributed by atoms with van der Waals surface area (Å²) in [4.78, 5) is 45.7. The second-order valence-corrected chi connectivity index (χ2v) is 14.2. The van der Waals surface area contributed by atoms with Crippen molar-refractivity contribution in [2.75, 3.05) is 19.8 Å². The maximum atomic E-state index is 12.6. The molecule has 0 fully saturated rings. The molecule has 0 aliphatic carbocycles. The van der Waals surface area contributed by atoms with Gasteiger partial charge in [-0.1, -0.05) is 152 Å². The number of ether oxygens (including phenoxy) is 2. The van der Waals surface area contributed by atoms with Gasteiger partial charge in [-0.2, -0.15) is 0 Å². The largest absolute Gasteiger partial charge is 0.480 e. The molecular formula is C39H68NO10P. The smallest absolute Gasteiger partial charge is 0.472 e. The highest BCUT2D eigenvalue weighted by atomic mass is 31.2. The molecule has 1 unspecified atom stereocenters. The van der Waals surface area contributed by atoms with E-state index < -0.39 is 51.1 Å². The molecule has 0 bridgehead atoms. The SMILES string of the molecule is CC/C=C/C=C/C=C/C=C/CCCCCCCC(=O)O[C@H](COC(=O)CCCCCCCCCCCCCC)COP(=O)(O)OC[C@H](N)C(=O)O. The highest BCUT2D eigenvalue weighted by Gasteiger charge is 2.28. The first-order chi connectivity index (χ1) is 24.6. The molecule has 4 N–H and O–H groups in total.